The van der Waals surface area contributed by atoms with Crippen LogP contribution >= 0.6 is 24.0 Å². The van der Waals surface area contributed by atoms with Gasteiger partial charge in [0, 0.05) is 51.0 Å². The summed E-state index contributed by atoms with van der Waals surface area (Å²) in [5.74, 6) is 1.62. The lowest BCUT2D eigenvalue weighted by atomic mass is 9.93. The number of aromatic nitrogens is 3. The van der Waals surface area contributed by atoms with Crippen molar-refractivity contribution in [3.05, 3.63) is 48.3 Å². The molecule has 0 amide bonds. The summed E-state index contributed by atoms with van der Waals surface area (Å²) in [4.78, 5) is 15.4. The van der Waals surface area contributed by atoms with Gasteiger partial charge in [-0.2, -0.15) is 0 Å². The zero-order valence-electron chi connectivity index (χ0n) is 15.8. The van der Waals surface area contributed by atoms with Crippen LogP contribution in [0.5, 0.6) is 0 Å². The van der Waals surface area contributed by atoms with E-state index in [1.165, 1.54) is 5.56 Å². The Bertz CT molecular complexity index is 683. The van der Waals surface area contributed by atoms with Gasteiger partial charge in [-0.3, -0.25) is 9.98 Å². The van der Waals surface area contributed by atoms with Gasteiger partial charge in [0.05, 0.1) is 12.4 Å². The Balaban J connectivity index is 0.00000243. The largest absolute Gasteiger partial charge is 0.356 e. The van der Waals surface area contributed by atoms with Crippen LogP contribution in [0, 0.1) is 12.8 Å². The van der Waals surface area contributed by atoms with Crippen LogP contribution in [0.4, 0.5) is 0 Å². The van der Waals surface area contributed by atoms with Crippen LogP contribution < -0.4 is 5.32 Å². The summed E-state index contributed by atoms with van der Waals surface area (Å²) in [7, 11) is 1.86. The molecule has 3 heterocycles. The molecule has 0 radical (unpaired) electrons. The molecule has 2 unspecified atom stereocenters. The maximum Gasteiger partial charge on any atom is 0.193 e. The first-order valence-corrected chi connectivity index (χ1v) is 9.02. The zero-order chi connectivity index (χ0) is 17.6. The second-order valence-corrected chi connectivity index (χ2v) is 6.82. The van der Waals surface area contributed by atoms with Crippen molar-refractivity contribution >= 4 is 29.9 Å². The number of pyridine rings is 1. The Morgan fingerprint density at radius 3 is 2.88 bits per heavy atom. The summed E-state index contributed by atoms with van der Waals surface area (Å²) in [5.41, 5.74) is 2.30. The van der Waals surface area contributed by atoms with E-state index in [1.807, 2.05) is 32.7 Å². The van der Waals surface area contributed by atoms with Gasteiger partial charge in [0.25, 0.3) is 0 Å². The summed E-state index contributed by atoms with van der Waals surface area (Å²) in [6.45, 7) is 7.20. The first-order valence-electron chi connectivity index (χ1n) is 9.02. The lowest BCUT2D eigenvalue weighted by Crippen LogP contribution is -2.49. The summed E-state index contributed by atoms with van der Waals surface area (Å²) in [6, 6.07) is 4.65. The highest BCUT2D eigenvalue weighted by Crippen LogP contribution is 2.27. The zero-order valence-corrected chi connectivity index (χ0v) is 18.1. The van der Waals surface area contributed by atoms with Gasteiger partial charge in [0.15, 0.2) is 5.96 Å². The molecule has 2 aromatic heterocycles. The third-order valence-electron chi connectivity index (χ3n) is 5.01. The van der Waals surface area contributed by atoms with Crippen molar-refractivity contribution in [3.8, 4) is 0 Å². The third-order valence-corrected chi connectivity index (χ3v) is 5.01. The Hall–Kier alpha value is -1.64. The number of hydrogen-bond acceptors (Lipinski definition) is 3. The molecule has 1 saturated heterocycles. The van der Waals surface area contributed by atoms with Crippen LogP contribution in [0.2, 0.25) is 0 Å². The number of aryl methyl sites for hydroxylation is 1. The lowest BCUT2D eigenvalue weighted by molar-refractivity contribution is 0.189. The number of nitrogens with zero attached hydrogens (tertiary/aromatic N) is 5. The molecule has 0 aliphatic carbocycles. The van der Waals surface area contributed by atoms with Gasteiger partial charge in [-0.05, 0) is 37.3 Å². The van der Waals surface area contributed by atoms with Crippen LogP contribution in [-0.2, 0) is 6.42 Å². The van der Waals surface area contributed by atoms with Crippen molar-refractivity contribution in [3.63, 3.8) is 0 Å². The number of guanidine groups is 1. The number of piperidine rings is 1. The SMILES string of the molecule is CN=C(NCCc1ccc(C)nc1)N1CCC(C)C(n2ccnc2)C1.I. The quantitative estimate of drug-likeness (QED) is 0.426. The topological polar surface area (TPSA) is 58.3 Å². The van der Waals surface area contributed by atoms with Crippen LogP contribution in [0.1, 0.15) is 30.6 Å². The minimum absolute atomic E-state index is 0. The van der Waals surface area contributed by atoms with E-state index in [4.69, 9.17) is 0 Å². The number of rotatable bonds is 4. The van der Waals surface area contributed by atoms with Crippen molar-refractivity contribution in [2.75, 3.05) is 26.7 Å². The molecule has 1 aliphatic heterocycles. The predicted molar refractivity (Wildman–Crippen MR) is 116 cm³/mol. The molecule has 1 fully saturated rings. The third kappa shape index (κ3) is 5.18. The first kappa shape index (κ1) is 20.7. The highest BCUT2D eigenvalue weighted by atomic mass is 127. The molecular weight excluding hydrogens is 439 g/mol. The molecule has 3 rings (SSSR count). The average molecular weight is 468 g/mol. The fraction of sp³-hybridized carbons (Fsp3) is 0.526. The van der Waals surface area contributed by atoms with E-state index in [2.05, 4.69) is 55.0 Å². The summed E-state index contributed by atoms with van der Waals surface area (Å²) in [5, 5.41) is 3.51. The van der Waals surface area contributed by atoms with E-state index in [0.29, 0.717) is 12.0 Å². The van der Waals surface area contributed by atoms with Crippen molar-refractivity contribution < 1.29 is 0 Å². The molecule has 142 valence electrons. The van der Waals surface area contributed by atoms with Crippen molar-refractivity contribution in [1.29, 1.82) is 0 Å². The number of imidazole rings is 1. The number of aliphatic imine (C=N–C) groups is 1. The normalized spacial score (nSPS) is 20.6. The standard InChI is InChI=1S/C19H28N6.HI/c1-15-7-10-24(13-18(15)25-11-9-21-14-25)19(20-3)22-8-6-17-5-4-16(2)23-12-17;/h4-5,9,11-12,14-15,18H,6-8,10,13H2,1-3H3,(H,20,22);1H. The molecule has 6 nitrogen and oxygen atoms in total. The Kier molecular flexibility index (Phi) is 7.86. The predicted octanol–water partition coefficient (Wildman–Crippen LogP) is 2.91. The molecule has 1 N–H and O–H groups in total. The van der Waals surface area contributed by atoms with Crippen LogP contribution in [0.15, 0.2) is 42.0 Å². The van der Waals surface area contributed by atoms with Gasteiger partial charge in [0.2, 0.25) is 0 Å². The summed E-state index contributed by atoms with van der Waals surface area (Å²) in [6.07, 6.45) is 9.90. The molecule has 7 heteroatoms. The maximum atomic E-state index is 4.49. The fourth-order valence-electron chi connectivity index (χ4n) is 3.39. The van der Waals surface area contributed by atoms with Gasteiger partial charge in [-0.25, -0.2) is 4.98 Å². The van der Waals surface area contributed by atoms with E-state index in [1.54, 1.807) is 0 Å². The molecule has 2 atom stereocenters. The van der Waals surface area contributed by atoms with Crippen LogP contribution in [0.3, 0.4) is 0 Å². The minimum atomic E-state index is 0. The average Bonchev–Trinajstić information content (AvgIpc) is 3.15. The monoisotopic (exact) mass is 468 g/mol. The van der Waals surface area contributed by atoms with Gasteiger partial charge in [-0.1, -0.05) is 13.0 Å². The summed E-state index contributed by atoms with van der Waals surface area (Å²) >= 11 is 0. The molecule has 26 heavy (non-hydrogen) atoms. The summed E-state index contributed by atoms with van der Waals surface area (Å²) < 4.78 is 2.22. The van der Waals surface area contributed by atoms with Crippen LogP contribution in [-0.4, -0.2) is 52.1 Å². The van der Waals surface area contributed by atoms with Crippen LogP contribution in [0.25, 0.3) is 0 Å². The van der Waals surface area contributed by atoms with Gasteiger partial charge in [0.1, 0.15) is 0 Å². The Morgan fingerprint density at radius 1 is 1.38 bits per heavy atom. The van der Waals surface area contributed by atoms with E-state index in [0.717, 1.165) is 44.1 Å². The first-order chi connectivity index (χ1) is 12.2. The molecule has 1 aliphatic rings. The highest BCUT2D eigenvalue weighted by molar-refractivity contribution is 14.0. The van der Waals surface area contributed by atoms with E-state index in [9.17, 15) is 0 Å². The van der Waals surface area contributed by atoms with Gasteiger partial charge >= 0.3 is 0 Å². The smallest absolute Gasteiger partial charge is 0.193 e. The van der Waals surface area contributed by atoms with Crippen molar-refractivity contribution in [2.24, 2.45) is 10.9 Å². The fourth-order valence-corrected chi connectivity index (χ4v) is 3.39. The lowest BCUT2D eigenvalue weighted by Gasteiger charge is -2.39. The molecule has 0 spiro atoms. The van der Waals surface area contributed by atoms with E-state index < -0.39 is 0 Å². The molecular formula is C19H29IN6. The number of nitrogens with one attached hydrogen (secondary N) is 1. The Labute approximate surface area is 173 Å². The maximum absolute atomic E-state index is 4.49. The number of hydrogen-bond donors (Lipinski definition) is 1. The second kappa shape index (κ2) is 9.89. The Morgan fingerprint density at radius 2 is 2.23 bits per heavy atom. The molecule has 0 aromatic carbocycles. The second-order valence-electron chi connectivity index (χ2n) is 6.82. The van der Waals surface area contributed by atoms with Crippen molar-refractivity contribution in [1.82, 2.24) is 24.8 Å². The van der Waals surface area contributed by atoms with Crippen molar-refractivity contribution in [2.45, 2.75) is 32.7 Å². The molecule has 0 saturated carbocycles. The number of halogens is 1. The highest BCUT2D eigenvalue weighted by Gasteiger charge is 2.28. The molecule has 0 bridgehead atoms. The van der Waals surface area contributed by atoms with E-state index >= 15 is 0 Å². The minimum Gasteiger partial charge on any atom is -0.356 e. The molecule has 2 aromatic rings. The van der Waals surface area contributed by atoms with Gasteiger partial charge in [-0.15, -0.1) is 24.0 Å². The number of likely N-dealkylation sites (tertiary alicyclic amines) is 1. The van der Waals surface area contributed by atoms with E-state index in [-0.39, 0.29) is 24.0 Å². The van der Waals surface area contributed by atoms with Gasteiger partial charge < -0.3 is 14.8 Å².